The molecule has 2 nitrogen and oxygen atoms in total. The Morgan fingerprint density at radius 2 is 1.86 bits per heavy atom. The zero-order valence-corrected chi connectivity index (χ0v) is 9.18. The zero-order valence-electron chi connectivity index (χ0n) is 9.18. The first kappa shape index (κ1) is 11.6. The predicted octanol–water partition coefficient (Wildman–Crippen LogP) is 1.38. The van der Waals surface area contributed by atoms with Crippen molar-refractivity contribution in [3.8, 4) is 12.8 Å². The highest BCUT2D eigenvalue weighted by molar-refractivity contribution is 4.93. The summed E-state index contributed by atoms with van der Waals surface area (Å²) in [6, 6.07) is 0.802. The molecular formula is C12H22N2. The molecule has 0 radical (unpaired) electrons. The first-order valence-electron chi connectivity index (χ1n) is 5.56. The van der Waals surface area contributed by atoms with Crippen LogP contribution in [0.1, 0.15) is 32.1 Å². The molecule has 1 aliphatic heterocycles. The minimum Gasteiger partial charge on any atom is -0.317 e. The highest BCUT2D eigenvalue weighted by Crippen LogP contribution is 2.40. The molecule has 2 aliphatic rings. The molecule has 1 saturated heterocycles. The number of terminal acetylenes is 1. The standard InChI is InChI=1S/C10H20N2.C2H2/c1-11-9-2-4-10(5-3-9)6-7-12-8-10;1-2/h9,11-12H,2-8H2,1H3;1-2H. The zero-order chi connectivity index (χ0) is 10.4. The van der Waals surface area contributed by atoms with E-state index in [1.165, 1.54) is 45.2 Å². The fourth-order valence-corrected chi connectivity index (χ4v) is 2.74. The molecule has 1 spiro atoms. The van der Waals surface area contributed by atoms with Gasteiger partial charge in [-0.1, -0.05) is 0 Å². The van der Waals surface area contributed by atoms with Crippen molar-refractivity contribution >= 4 is 0 Å². The summed E-state index contributed by atoms with van der Waals surface area (Å²) in [5, 5.41) is 6.89. The molecule has 2 fully saturated rings. The van der Waals surface area contributed by atoms with Crippen LogP contribution < -0.4 is 10.6 Å². The fraction of sp³-hybridized carbons (Fsp3) is 0.833. The molecule has 0 amide bonds. The van der Waals surface area contributed by atoms with E-state index < -0.39 is 0 Å². The highest BCUT2D eigenvalue weighted by atomic mass is 14.9. The summed E-state index contributed by atoms with van der Waals surface area (Å²) in [5.41, 5.74) is 0.702. The Kier molecular flexibility index (Phi) is 4.44. The maximum atomic E-state index is 4.00. The van der Waals surface area contributed by atoms with Crippen molar-refractivity contribution in [3.63, 3.8) is 0 Å². The maximum Gasteiger partial charge on any atom is 0.00644 e. The van der Waals surface area contributed by atoms with Crippen molar-refractivity contribution in [1.29, 1.82) is 0 Å². The Balaban J connectivity index is 0.000000461. The molecule has 0 atom stereocenters. The molecule has 0 aromatic rings. The van der Waals surface area contributed by atoms with Gasteiger partial charge in [-0.25, -0.2) is 0 Å². The third-order valence-corrected chi connectivity index (χ3v) is 3.79. The predicted molar refractivity (Wildman–Crippen MR) is 61.1 cm³/mol. The van der Waals surface area contributed by atoms with Crippen molar-refractivity contribution in [2.45, 2.75) is 38.1 Å². The molecule has 2 heteroatoms. The van der Waals surface area contributed by atoms with Crippen molar-refractivity contribution in [3.05, 3.63) is 0 Å². The lowest BCUT2D eigenvalue weighted by Gasteiger charge is -2.36. The number of rotatable bonds is 1. The molecule has 0 aromatic heterocycles. The van der Waals surface area contributed by atoms with Crippen molar-refractivity contribution in [2.24, 2.45) is 5.41 Å². The molecule has 0 aromatic carbocycles. The Hall–Kier alpha value is -0.520. The lowest BCUT2D eigenvalue weighted by molar-refractivity contribution is 0.188. The molecule has 80 valence electrons. The van der Waals surface area contributed by atoms with Crippen LogP contribution in [0.5, 0.6) is 0 Å². The van der Waals surface area contributed by atoms with Gasteiger partial charge >= 0.3 is 0 Å². The smallest absolute Gasteiger partial charge is 0.00644 e. The van der Waals surface area contributed by atoms with Crippen LogP contribution in [-0.2, 0) is 0 Å². The van der Waals surface area contributed by atoms with Gasteiger partial charge in [-0.15, -0.1) is 12.8 Å². The minimum absolute atomic E-state index is 0.702. The molecule has 2 N–H and O–H groups in total. The van der Waals surface area contributed by atoms with E-state index >= 15 is 0 Å². The van der Waals surface area contributed by atoms with Gasteiger partial charge in [-0.2, -0.15) is 0 Å². The van der Waals surface area contributed by atoms with Crippen LogP contribution in [0.4, 0.5) is 0 Å². The Bertz CT molecular complexity index is 170. The van der Waals surface area contributed by atoms with Gasteiger partial charge in [0.25, 0.3) is 0 Å². The second kappa shape index (κ2) is 5.38. The number of hydrogen-bond acceptors (Lipinski definition) is 2. The summed E-state index contributed by atoms with van der Waals surface area (Å²) in [6.45, 7) is 2.54. The molecule has 2 rings (SSSR count). The van der Waals surface area contributed by atoms with Gasteiger partial charge in [-0.3, -0.25) is 0 Å². The third-order valence-electron chi connectivity index (χ3n) is 3.79. The molecule has 14 heavy (non-hydrogen) atoms. The first-order valence-corrected chi connectivity index (χ1v) is 5.56. The van der Waals surface area contributed by atoms with E-state index in [0.717, 1.165) is 6.04 Å². The van der Waals surface area contributed by atoms with Crippen LogP contribution in [0.3, 0.4) is 0 Å². The van der Waals surface area contributed by atoms with Gasteiger partial charge in [0, 0.05) is 12.6 Å². The van der Waals surface area contributed by atoms with Crippen LogP contribution >= 0.6 is 0 Å². The largest absolute Gasteiger partial charge is 0.317 e. The Morgan fingerprint density at radius 3 is 2.29 bits per heavy atom. The second-order valence-corrected chi connectivity index (χ2v) is 4.49. The van der Waals surface area contributed by atoms with Crippen molar-refractivity contribution < 1.29 is 0 Å². The lowest BCUT2D eigenvalue weighted by atomic mass is 9.72. The highest BCUT2D eigenvalue weighted by Gasteiger charge is 2.36. The topological polar surface area (TPSA) is 24.1 Å². The lowest BCUT2D eigenvalue weighted by Crippen LogP contribution is -2.36. The monoisotopic (exact) mass is 194 g/mol. The maximum absolute atomic E-state index is 4.00. The Labute approximate surface area is 87.8 Å². The molecular weight excluding hydrogens is 172 g/mol. The van der Waals surface area contributed by atoms with Crippen LogP contribution in [0, 0.1) is 18.3 Å². The second-order valence-electron chi connectivity index (χ2n) is 4.49. The Morgan fingerprint density at radius 1 is 1.21 bits per heavy atom. The van der Waals surface area contributed by atoms with Crippen LogP contribution in [0.15, 0.2) is 0 Å². The van der Waals surface area contributed by atoms with Crippen LogP contribution in [0.25, 0.3) is 0 Å². The van der Waals surface area contributed by atoms with Crippen LogP contribution in [0.2, 0.25) is 0 Å². The van der Waals surface area contributed by atoms with E-state index in [1.807, 2.05) is 0 Å². The van der Waals surface area contributed by atoms with E-state index in [-0.39, 0.29) is 0 Å². The molecule has 0 unspecified atom stereocenters. The summed E-state index contributed by atoms with van der Waals surface area (Å²) in [4.78, 5) is 0. The van der Waals surface area contributed by atoms with Gasteiger partial charge in [0.05, 0.1) is 0 Å². The van der Waals surface area contributed by atoms with E-state index in [1.54, 1.807) is 0 Å². The average Bonchev–Trinajstić information content (AvgIpc) is 2.71. The van der Waals surface area contributed by atoms with Crippen LogP contribution in [-0.4, -0.2) is 26.2 Å². The quantitative estimate of drug-likeness (QED) is 0.616. The van der Waals surface area contributed by atoms with Crippen molar-refractivity contribution in [2.75, 3.05) is 20.1 Å². The first-order chi connectivity index (χ1) is 6.85. The molecule has 1 saturated carbocycles. The molecule has 1 aliphatic carbocycles. The minimum atomic E-state index is 0.702. The van der Waals surface area contributed by atoms with Gasteiger partial charge in [0.2, 0.25) is 0 Å². The van der Waals surface area contributed by atoms with E-state index in [0.29, 0.717) is 5.41 Å². The summed E-state index contributed by atoms with van der Waals surface area (Å²) >= 11 is 0. The van der Waals surface area contributed by atoms with E-state index in [2.05, 4.69) is 30.5 Å². The normalized spacial score (nSPS) is 36.4. The molecule has 0 bridgehead atoms. The van der Waals surface area contributed by atoms with Gasteiger partial charge in [-0.05, 0) is 51.1 Å². The van der Waals surface area contributed by atoms with Crippen molar-refractivity contribution in [1.82, 2.24) is 10.6 Å². The van der Waals surface area contributed by atoms with Gasteiger partial charge in [0.1, 0.15) is 0 Å². The number of nitrogens with one attached hydrogen (secondary N) is 2. The van der Waals surface area contributed by atoms with E-state index in [9.17, 15) is 0 Å². The molecule has 1 heterocycles. The summed E-state index contributed by atoms with van der Waals surface area (Å²) in [6.07, 6.45) is 15.1. The van der Waals surface area contributed by atoms with Gasteiger partial charge < -0.3 is 10.6 Å². The van der Waals surface area contributed by atoms with E-state index in [4.69, 9.17) is 0 Å². The summed E-state index contributed by atoms with van der Waals surface area (Å²) < 4.78 is 0. The summed E-state index contributed by atoms with van der Waals surface area (Å²) in [7, 11) is 2.09. The fourth-order valence-electron chi connectivity index (χ4n) is 2.74. The SMILES string of the molecule is C#C.CNC1CCC2(CCNC2)CC1. The third kappa shape index (κ3) is 2.50. The average molecular weight is 194 g/mol. The summed E-state index contributed by atoms with van der Waals surface area (Å²) in [5.74, 6) is 0. The van der Waals surface area contributed by atoms with Gasteiger partial charge in [0.15, 0.2) is 0 Å². The number of hydrogen-bond donors (Lipinski definition) is 2.